The highest BCUT2D eigenvalue weighted by Gasteiger charge is 2.49. The summed E-state index contributed by atoms with van der Waals surface area (Å²) in [6.07, 6.45) is -7.64. The van der Waals surface area contributed by atoms with Crippen molar-refractivity contribution in [3.05, 3.63) is 178 Å². The molecule has 7 nitrogen and oxygen atoms in total. The van der Waals surface area contributed by atoms with Crippen LogP contribution in [0.15, 0.2) is 173 Å². The van der Waals surface area contributed by atoms with Gasteiger partial charge in [-0.05, 0) is 68.6 Å². The highest BCUT2D eigenvalue weighted by Crippen LogP contribution is 2.56. The molecule has 0 N–H and O–H groups in total. The smallest absolute Gasteiger partial charge is 0.453 e. The molecular formula is C45H30Br2F4O7P2. The van der Waals surface area contributed by atoms with Gasteiger partial charge >= 0.3 is 12.6 Å². The molecule has 0 unspecified atom stereocenters. The lowest BCUT2D eigenvalue weighted by molar-refractivity contribution is -0.288. The molecule has 15 heteroatoms. The predicted molar refractivity (Wildman–Crippen MR) is 231 cm³/mol. The summed E-state index contributed by atoms with van der Waals surface area (Å²) in [5.74, 6) is -0.354. The Morgan fingerprint density at radius 1 is 0.467 bits per heavy atom. The minimum Gasteiger partial charge on any atom is -0.453 e. The summed E-state index contributed by atoms with van der Waals surface area (Å²) in [7, 11) is -6.87. The number of aryl methyl sites for hydroxylation is 1. The molecule has 304 valence electrons. The second-order valence-electron chi connectivity index (χ2n) is 13.4. The molecule has 0 saturated heterocycles. The molecule has 0 radical (unpaired) electrons. The summed E-state index contributed by atoms with van der Waals surface area (Å²) in [4.78, 5) is 0. The SMILES string of the molecule is Cc1cc(P(=O)(c2ccccc2)c2ccccc2)c(Br)c2c1OC(F)(F)O2.O=P(c1ccccc1)(c1ccccc1)c1cc(Oc2ccccc2)c2c(c1Br)OC(F)(F)O2. The maximum Gasteiger partial charge on any atom is 0.586 e. The van der Waals surface area contributed by atoms with Crippen LogP contribution in [-0.2, 0) is 9.13 Å². The maximum absolute atomic E-state index is 14.8. The zero-order valence-corrected chi connectivity index (χ0v) is 36.1. The molecule has 0 saturated carbocycles. The second kappa shape index (κ2) is 16.3. The second-order valence-corrected chi connectivity index (χ2v) is 20.4. The first-order chi connectivity index (χ1) is 28.7. The Morgan fingerprint density at radius 3 is 1.18 bits per heavy atom. The number of hydrogen-bond acceptors (Lipinski definition) is 7. The van der Waals surface area contributed by atoms with Crippen LogP contribution in [0.4, 0.5) is 17.6 Å². The Labute approximate surface area is 358 Å². The van der Waals surface area contributed by atoms with Gasteiger partial charge in [0.1, 0.15) is 5.75 Å². The van der Waals surface area contributed by atoms with Gasteiger partial charge in [-0.3, -0.25) is 0 Å². The molecule has 2 heterocycles. The van der Waals surface area contributed by atoms with Gasteiger partial charge in [-0.15, -0.1) is 17.6 Å². The summed E-state index contributed by atoms with van der Waals surface area (Å²) in [5, 5.41) is 2.91. The van der Waals surface area contributed by atoms with E-state index in [0.29, 0.717) is 37.8 Å². The van der Waals surface area contributed by atoms with Crippen LogP contribution < -0.4 is 55.5 Å². The number of halogens is 6. The summed E-state index contributed by atoms with van der Waals surface area (Å²) >= 11 is 6.71. The molecule has 7 aromatic rings. The molecule has 0 fully saturated rings. The van der Waals surface area contributed by atoms with Crippen LogP contribution in [0.2, 0.25) is 0 Å². The fraction of sp³-hybridized carbons (Fsp3) is 0.0667. The normalized spacial score (nSPS) is 14.5. The van der Waals surface area contributed by atoms with Gasteiger partial charge in [-0.25, -0.2) is 0 Å². The molecule has 0 aliphatic carbocycles. The molecule has 60 heavy (non-hydrogen) atoms. The van der Waals surface area contributed by atoms with Crippen molar-refractivity contribution >= 4 is 78.0 Å². The fourth-order valence-corrected chi connectivity index (χ4v) is 14.5. The van der Waals surface area contributed by atoms with Gasteiger partial charge in [0.25, 0.3) is 0 Å². The summed E-state index contributed by atoms with van der Waals surface area (Å²) in [6.45, 7) is 1.62. The Balaban J connectivity index is 0.000000170. The van der Waals surface area contributed by atoms with Crippen molar-refractivity contribution < 1.29 is 50.4 Å². The first-order valence-corrected chi connectivity index (χ1v) is 23.1. The maximum atomic E-state index is 14.8. The Hall–Kier alpha value is -5.32. The van der Waals surface area contributed by atoms with Crippen LogP contribution in [0.5, 0.6) is 34.5 Å². The first-order valence-electron chi connectivity index (χ1n) is 18.1. The highest BCUT2D eigenvalue weighted by molar-refractivity contribution is 9.11. The summed E-state index contributed by atoms with van der Waals surface area (Å²) < 4.78 is 110. The van der Waals surface area contributed by atoms with Gasteiger partial charge in [0.05, 0.1) is 8.95 Å². The van der Waals surface area contributed by atoms with Crippen LogP contribution in [-0.4, -0.2) is 12.6 Å². The van der Waals surface area contributed by atoms with Crippen LogP contribution in [0.1, 0.15) is 5.56 Å². The molecule has 9 rings (SSSR count). The molecular weight excluding hydrogens is 950 g/mol. The van der Waals surface area contributed by atoms with Crippen LogP contribution in [0.3, 0.4) is 0 Å². The van der Waals surface area contributed by atoms with Gasteiger partial charge in [0.2, 0.25) is 5.75 Å². The minimum absolute atomic E-state index is 0.0290. The average Bonchev–Trinajstić information content (AvgIpc) is 3.80. The monoisotopic (exact) mass is 978 g/mol. The molecule has 0 aromatic heterocycles. The van der Waals surface area contributed by atoms with E-state index in [1.165, 1.54) is 6.07 Å². The number of para-hydroxylation sites is 1. The summed E-state index contributed by atoms with van der Waals surface area (Å²) in [6, 6.07) is 47.4. The first kappa shape index (κ1) is 41.4. The lowest BCUT2D eigenvalue weighted by Gasteiger charge is -2.22. The predicted octanol–water partition coefficient (Wildman–Crippen LogP) is 10.9. The van der Waals surface area contributed by atoms with E-state index in [4.69, 9.17) is 14.2 Å². The number of hydrogen-bond donors (Lipinski definition) is 0. The molecule has 2 aliphatic rings. The number of ether oxygens (including phenoxy) is 5. The van der Waals surface area contributed by atoms with E-state index in [-0.39, 0.29) is 43.0 Å². The van der Waals surface area contributed by atoms with Crippen LogP contribution >= 0.6 is 46.1 Å². The Kier molecular flexibility index (Phi) is 11.2. The standard InChI is InChI=1S/C25H16BrF2O4P.C20H14BrF2O3P/c26-22-21(33(29,18-12-6-2-7-13-18)19-14-8-3-9-15-19)16-20(30-17-10-4-1-5-11-17)23-24(22)32-25(27,28)31-23;1-13-12-16(17(21)19-18(13)25-20(22,23)26-19)27(24,14-8-4-2-5-9-14)15-10-6-3-7-11-15/h1-16H;2-12H,1H3. The largest absolute Gasteiger partial charge is 0.586 e. The van der Waals surface area contributed by atoms with Crippen molar-refractivity contribution in [2.24, 2.45) is 0 Å². The van der Waals surface area contributed by atoms with E-state index < -0.39 is 26.9 Å². The third-order valence-corrected chi connectivity index (χ3v) is 17.8. The van der Waals surface area contributed by atoms with E-state index in [0.717, 1.165) is 0 Å². The van der Waals surface area contributed by atoms with E-state index in [1.807, 2.05) is 24.3 Å². The van der Waals surface area contributed by atoms with E-state index >= 15 is 0 Å². The van der Waals surface area contributed by atoms with Crippen molar-refractivity contribution in [2.45, 2.75) is 19.5 Å². The Morgan fingerprint density at radius 2 is 0.783 bits per heavy atom. The van der Waals surface area contributed by atoms with E-state index in [1.54, 1.807) is 140 Å². The zero-order chi connectivity index (χ0) is 42.3. The number of benzene rings is 7. The van der Waals surface area contributed by atoms with Gasteiger partial charge < -0.3 is 32.8 Å². The molecule has 0 bridgehead atoms. The van der Waals surface area contributed by atoms with Crippen molar-refractivity contribution in [1.82, 2.24) is 0 Å². The molecule has 0 atom stereocenters. The van der Waals surface area contributed by atoms with E-state index in [9.17, 15) is 26.7 Å². The average molecular weight is 980 g/mol. The quantitative estimate of drug-likeness (QED) is 0.111. The van der Waals surface area contributed by atoms with Crippen LogP contribution in [0.25, 0.3) is 0 Å². The van der Waals surface area contributed by atoms with Crippen molar-refractivity contribution in [3.8, 4) is 34.5 Å². The lowest BCUT2D eigenvalue weighted by atomic mass is 10.2. The molecule has 7 aromatic carbocycles. The number of rotatable bonds is 8. The number of alkyl halides is 4. The van der Waals surface area contributed by atoms with Crippen LogP contribution in [0, 0.1) is 6.92 Å². The molecule has 0 amide bonds. The van der Waals surface area contributed by atoms with Crippen molar-refractivity contribution in [2.75, 3.05) is 0 Å². The zero-order valence-electron chi connectivity index (χ0n) is 31.1. The van der Waals surface area contributed by atoms with Crippen molar-refractivity contribution in [3.63, 3.8) is 0 Å². The third kappa shape index (κ3) is 7.76. The topological polar surface area (TPSA) is 80.3 Å². The van der Waals surface area contributed by atoms with Gasteiger partial charge in [-0.2, -0.15) is 0 Å². The highest BCUT2D eigenvalue weighted by atomic mass is 79.9. The van der Waals surface area contributed by atoms with Crippen molar-refractivity contribution in [1.29, 1.82) is 0 Å². The Bertz CT molecular complexity index is 2700. The third-order valence-electron chi connectivity index (χ3n) is 9.48. The lowest BCUT2D eigenvalue weighted by Crippen LogP contribution is -2.27. The minimum atomic E-state index is -3.89. The fourth-order valence-electron chi connectivity index (χ4n) is 6.79. The molecule has 0 spiro atoms. The van der Waals surface area contributed by atoms with Gasteiger partial charge in [-0.1, -0.05) is 140 Å². The summed E-state index contributed by atoms with van der Waals surface area (Å²) in [5.41, 5.74) is 0.424. The van der Waals surface area contributed by atoms with Gasteiger partial charge in [0, 0.05) is 31.8 Å². The molecule has 2 aliphatic heterocycles. The number of fused-ring (bicyclic) bond motifs is 2. The van der Waals surface area contributed by atoms with E-state index in [2.05, 4.69) is 41.3 Å². The van der Waals surface area contributed by atoms with Gasteiger partial charge in [0.15, 0.2) is 37.3 Å².